The smallest absolute Gasteiger partial charge is 0.345 e. The molecule has 3 rings (SSSR count). The van der Waals surface area contributed by atoms with Crippen LogP contribution in [0, 0.1) is 0 Å². The summed E-state index contributed by atoms with van der Waals surface area (Å²) in [5, 5.41) is 0. The maximum absolute atomic E-state index is 12.1. The van der Waals surface area contributed by atoms with E-state index >= 15 is 0 Å². The molecule has 0 atom stereocenters. The summed E-state index contributed by atoms with van der Waals surface area (Å²) in [6.45, 7) is 0. The largest absolute Gasteiger partial charge is 0.465 e. The van der Waals surface area contributed by atoms with E-state index in [1.807, 2.05) is 48.5 Å². The van der Waals surface area contributed by atoms with Crippen molar-refractivity contribution in [1.82, 2.24) is 0 Å². The van der Waals surface area contributed by atoms with E-state index in [4.69, 9.17) is 9.47 Å². The Morgan fingerprint density at radius 2 is 1.05 bits per heavy atom. The van der Waals surface area contributed by atoms with Crippen molar-refractivity contribution in [2.45, 2.75) is 0 Å². The third-order valence-corrected chi connectivity index (χ3v) is 3.71. The molecule has 0 spiro atoms. The molecule has 0 radical (unpaired) electrons. The number of esters is 2. The molecule has 0 aromatic heterocycles. The summed E-state index contributed by atoms with van der Waals surface area (Å²) in [6.07, 6.45) is 0. The Kier molecular flexibility index (Phi) is 3.51. The van der Waals surface area contributed by atoms with Crippen molar-refractivity contribution >= 4 is 17.5 Å². The Morgan fingerprint density at radius 1 is 0.682 bits per heavy atom. The summed E-state index contributed by atoms with van der Waals surface area (Å²) in [7, 11) is 2.50. The summed E-state index contributed by atoms with van der Waals surface area (Å²) in [4.78, 5) is 24.3. The Morgan fingerprint density at radius 3 is 1.41 bits per heavy atom. The molecule has 4 heteroatoms. The van der Waals surface area contributed by atoms with Crippen molar-refractivity contribution < 1.29 is 19.1 Å². The number of ether oxygens (including phenoxy) is 2. The fourth-order valence-corrected chi connectivity index (χ4v) is 2.78. The first kappa shape index (κ1) is 14.1. The monoisotopic (exact) mass is 294 g/mol. The van der Waals surface area contributed by atoms with Crippen LogP contribution in [-0.2, 0) is 19.1 Å². The number of carbonyl (C=O) groups is 2. The van der Waals surface area contributed by atoms with Gasteiger partial charge in [0.2, 0.25) is 0 Å². The van der Waals surface area contributed by atoms with Crippen LogP contribution in [0.15, 0.2) is 54.1 Å². The quantitative estimate of drug-likeness (QED) is 0.316. The molecule has 0 amide bonds. The zero-order chi connectivity index (χ0) is 15.7. The third-order valence-electron chi connectivity index (χ3n) is 3.71. The number of fused-ring (bicyclic) bond motifs is 3. The molecule has 0 bridgehead atoms. The van der Waals surface area contributed by atoms with Crippen molar-refractivity contribution in [3.05, 3.63) is 65.2 Å². The van der Waals surface area contributed by atoms with Crippen LogP contribution in [0.2, 0.25) is 0 Å². The molecule has 0 aliphatic heterocycles. The van der Waals surface area contributed by atoms with Crippen LogP contribution in [0.4, 0.5) is 0 Å². The van der Waals surface area contributed by atoms with E-state index in [0.717, 1.165) is 22.3 Å². The van der Waals surface area contributed by atoms with Gasteiger partial charge in [0.1, 0.15) is 0 Å². The molecule has 1 aliphatic rings. The number of benzene rings is 2. The van der Waals surface area contributed by atoms with Crippen LogP contribution in [-0.4, -0.2) is 26.2 Å². The van der Waals surface area contributed by atoms with Crippen molar-refractivity contribution in [3.8, 4) is 11.1 Å². The normalized spacial score (nSPS) is 11.5. The van der Waals surface area contributed by atoms with Crippen molar-refractivity contribution in [2.24, 2.45) is 0 Å². The third kappa shape index (κ3) is 2.00. The molecule has 110 valence electrons. The Balaban J connectivity index is 2.40. The second-order valence-corrected chi connectivity index (χ2v) is 4.82. The van der Waals surface area contributed by atoms with Crippen LogP contribution in [0.5, 0.6) is 0 Å². The van der Waals surface area contributed by atoms with Crippen LogP contribution in [0.1, 0.15) is 11.1 Å². The zero-order valence-corrected chi connectivity index (χ0v) is 12.3. The molecule has 0 unspecified atom stereocenters. The summed E-state index contributed by atoms with van der Waals surface area (Å²) in [5.74, 6) is -1.40. The van der Waals surface area contributed by atoms with E-state index < -0.39 is 11.9 Å². The average molecular weight is 294 g/mol. The van der Waals surface area contributed by atoms with Gasteiger partial charge in [-0.25, -0.2) is 9.59 Å². The standard InChI is InChI=1S/C18H14O4/c1-21-17(19)16(18(20)22-2)15-13-9-5-3-7-11(13)12-8-4-6-10-14(12)15/h3-10H,1-2H3. The van der Waals surface area contributed by atoms with Gasteiger partial charge in [0.25, 0.3) is 0 Å². The van der Waals surface area contributed by atoms with Crippen molar-refractivity contribution in [1.29, 1.82) is 0 Å². The SMILES string of the molecule is COC(=O)C(C(=O)OC)=C1c2ccccc2-c2ccccc21. The average Bonchev–Trinajstić information content (AvgIpc) is 2.90. The predicted octanol–water partition coefficient (Wildman–Crippen LogP) is 2.81. The highest BCUT2D eigenvalue weighted by molar-refractivity contribution is 6.24. The maximum Gasteiger partial charge on any atom is 0.345 e. The van der Waals surface area contributed by atoms with E-state index in [0.29, 0.717) is 5.57 Å². The van der Waals surface area contributed by atoms with Gasteiger partial charge in [0.15, 0.2) is 5.57 Å². The highest BCUT2D eigenvalue weighted by atomic mass is 16.5. The second-order valence-electron chi connectivity index (χ2n) is 4.82. The van der Waals surface area contributed by atoms with Crippen molar-refractivity contribution in [2.75, 3.05) is 14.2 Å². The Hall–Kier alpha value is -2.88. The molecule has 0 saturated carbocycles. The number of rotatable bonds is 2. The molecule has 22 heavy (non-hydrogen) atoms. The molecule has 0 fully saturated rings. The van der Waals surface area contributed by atoms with Crippen LogP contribution >= 0.6 is 0 Å². The first-order valence-corrected chi connectivity index (χ1v) is 6.79. The molecule has 2 aromatic rings. The predicted molar refractivity (Wildman–Crippen MR) is 81.9 cm³/mol. The van der Waals surface area contributed by atoms with Crippen LogP contribution in [0.3, 0.4) is 0 Å². The number of hydrogen-bond donors (Lipinski definition) is 0. The van der Waals surface area contributed by atoms with Gasteiger partial charge in [0, 0.05) is 5.57 Å². The number of hydrogen-bond acceptors (Lipinski definition) is 4. The van der Waals surface area contributed by atoms with Crippen LogP contribution < -0.4 is 0 Å². The summed E-state index contributed by atoms with van der Waals surface area (Å²) in [5.41, 5.74) is 4.10. The highest BCUT2D eigenvalue weighted by Gasteiger charge is 2.32. The molecule has 0 N–H and O–H groups in total. The van der Waals surface area contributed by atoms with E-state index in [1.165, 1.54) is 14.2 Å². The Labute approximate surface area is 128 Å². The first-order chi connectivity index (χ1) is 10.7. The number of carbonyl (C=O) groups excluding carboxylic acids is 2. The van der Waals surface area contributed by atoms with Gasteiger partial charge in [-0.05, 0) is 22.3 Å². The van der Waals surface area contributed by atoms with Gasteiger partial charge in [-0.2, -0.15) is 0 Å². The lowest BCUT2D eigenvalue weighted by molar-refractivity contribution is -0.143. The topological polar surface area (TPSA) is 52.6 Å². The van der Waals surface area contributed by atoms with Crippen molar-refractivity contribution in [3.63, 3.8) is 0 Å². The lowest BCUT2D eigenvalue weighted by Crippen LogP contribution is -2.18. The lowest BCUT2D eigenvalue weighted by Gasteiger charge is -2.09. The summed E-state index contributed by atoms with van der Waals surface area (Å²) in [6, 6.07) is 15.3. The van der Waals surface area contributed by atoms with Gasteiger partial charge in [-0.15, -0.1) is 0 Å². The molecular weight excluding hydrogens is 280 g/mol. The van der Waals surface area contributed by atoms with E-state index in [2.05, 4.69) is 0 Å². The molecule has 1 aliphatic carbocycles. The lowest BCUT2D eigenvalue weighted by atomic mass is 9.98. The van der Waals surface area contributed by atoms with Gasteiger partial charge in [0.05, 0.1) is 14.2 Å². The molecule has 2 aromatic carbocycles. The molecular formula is C18H14O4. The number of methoxy groups -OCH3 is 2. The summed E-state index contributed by atoms with van der Waals surface area (Å²) >= 11 is 0. The fraction of sp³-hybridized carbons (Fsp3) is 0.111. The fourth-order valence-electron chi connectivity index (χ4n) is 2.78. The first-order valence-electron chi connectivity index (χ1n) is 6.79. The van der Waals surface area contributed by atoms with Gasteiger partial charge in [-0.3, -0.25) is 0 Å². The van der Waals surface area contributed by atoms with Gasteiger partial charge < -0.3 is 9.47 Å². The van der Waals surface area contributed by atoms with E-state index in [-0.39, 0.29) is 5.57 Å². The Bertz CT molecular complexity index is 737. The minimum atomic E-state index is -0.701. The second kappa shape index (κ2) is 5.48. The van der Waals surface area contributed by atoms with E-state index in [1.54, 1.807) is 0 Å². The zero-order valence-electron chi connectivity index (χ0n) is 12.3. The minimum absolute atomic E-state index is 0.0811. The highest BCUT2D eigenvalue weighted by Crippen LogP contribution is 2.45. The van der Waals surface area contributed by atoms with Gasteiger partial charge >= 0.3 is 11.9 Å². The molecule has 0 saturated heterocycles. The molecule has 4 nitrogen and oxygen atoms in total. The maximum atomic E-state index is 12.1. The van der Waals surface area contributed by atoms with E-state index in [9.17, 15) is 9.59 Å². The summed E-state index contributed by atoms with van der Waals surface area (Å²) < 4.78 is 9.56. The van der Waals surface area contributed by atoms with Gasteiger partial charge in [-0.1, -0.05) is 48.5 Å². The molecule has 0 heterocycles. The minimum Gasteiger partial charge on any atom is -0.465 e. The van der Waals surface area contributed by atoms with Crippen LogP contribution in [0.25, 0.3) is 16.7 Å².